The lowest BCUT2D eigenvalue weighted by molar-refractivity contribution is -0.120. The van der Waals surface area contributed by atoms with Gasteiger partial charge in [-0.1, -0.05) is 36.8 Å². The third-order valence-electron chi connectivity index (χ3n) is 2.36. The van der Waals surface area contributed by atoms with Gasteiger partial charge in [0, 0.05) is 6.42 Å². The predicted octanol–water partition coefficient (Wildman–Crippen LogP) is 2.93. The molecule has 17 heavy (non-hydrogen) atoms. The molecule has 1 heterocycles. The molecule has 0 saturated carbocycles. The topological polar surface area (TPSA) is 54.0 Å². The van der Waals surface area contributed by atoms with Crippen LogP contribution in [-0.2, 0) is 4.79 Å². The van der Waals surface area contributed by atoms with Gasteiger partial charge in [0.05, 0.1) is 10.2 Å². The summed E-state index contributed by atoms with van der Waals surface area (Å²) in [5.41, 5.74) is 6.45. The number of carbonyl (C=O) groups excluding carboxylic acids is 1. The summed E-state index contributed by atoms with van der Waals surface area (Å²) in [6, 6.07) is 7.89. The smallest absolute Gasteiger partial charge is 0.238 e. The molecule has 4 nitrogen and oxygen atoms in total. The number of hydrogen-bond donors (Lipinski definition) is 2. The molecule has 0 radical (unpaired) electrons. The summed E-state index contributed by atoms with van der Waals surface area (Å²) in [4.78, 5) is 15.8. The summed E-state index contributed by atoms with van der Waals surface area (Å²) in [7, 11) is 0. The Labute approximate surface area is 104 Å². The van der Waals surface area contributed by atoms with Gasteiger partial charge in [0.25, 0.3) is 0 Å². The van der Waals surface area contributed by atoms with Crippen molar-refractivity contribution in [2.24, 2.45) is 0 Å². The number of para-hydroxylation sites is 1. The average Bonchev–Trinajstić information content (AvgIpc) is 2.76. The molecule has 90 valence electrons. The summed E-state index contributed by atoms with van der Waals surface area (Å²) in [5, 5.41) is 0.719. The molecule has 1 aromatic carbocycles. The Hall–Kier alpha value is -1.62. The molecule has 0 aliphatic rings. The maximum Gasteiger partial charge on any atom is 0.238 e. The lowest BCUT2D eigenvalue weighted by atomic mass is 10.2. The Kier molecular flexibility index (Phi) is 3.93. The summed E-state index contributed by atoms with van der Waals surface area (Å²) < 4.78 is 1.11. The van der Waals surface area contributed by atoms with Crippen LogP contribution < -0.4 is 10.9 Å². The number of benzene rings is 1. The maximum absolute atomic E-state index is 11.4. The normalized spacial score (nSPS) is 10.4. The van der Waals surface area contributed by atoms with Crippen LogP contribution in [0.5, 0.6) is 0 Å². The first kappa shape index (κ1) is 11.9. The number of aromatic nitrogens is 1. The second-order valence-electron chi connectivity index (χ2n) is 3.76. The van der Waals surface area contributed by atoms with E-state index in [1.165, 1.54) is 11.3 Å². The largest absolute Gasteiger partial charge is 0.273 e. The maximum atomic E-state index is 11.4. The molecule has 0 atom stereocenters. The molecule has 0 fully saturated rings. The highest BCUT2D eigenvalue weighted by atomic mass is 32.1. The fourth-order valence-electron chi connectivity index (χ4n) is 1.45. The van der Waals surface area contributed by atoms with Crippen LogP contribution in [0.3, 0.4) is 0 Å². The zero-order chi connectivity index (χ0) is 12.1. The lowest BCUT2D eigenvalue weighted by Gasteiger charge is -2.03. The van der Waals surface area contributed by atoms with Crippen LogP contribution >= 0.6 is 11.3 Å². The molecule has 0 unspecified atom stereocenters. The first-order valence-corrected chi connectivity index (χ1v) is 6.51. The number of anilines is 1. The Morgan fingerprint density at radius 3 is 3.00 bits per heavy atom. The van der Waals surface area contributed by atoms with Gasteiger partial charge < -0.3 is 0 Å². The minimum Gasteiger partial charge on any atom is -0.273 e. The highest BCUT2D eigenvalue weighted by Gasteiger charge is 2.04. The van der Waals surface area contributed by atoms with Crippen LogP contribution in [0.4, 0.5) is 5.13 Å². The molecular weight excluding hydrogens is 234 g/mol. The number of thiazole rings is 1. The van der Waals surface area contributed by atoms with Gasteiger partial charge in [0.15, 0.2) is 0 Å². The van der Waals surface area contributed by atoms with Gasteiger partial charge in [-0.05, 0) is 18.6 Å². The molecule has 1 amide bonds. The number of nitrogens with zero attached hydrogens (tertiary/aromatic N) is 1. The number of unbranched alkanes of at least 4 members (excludes halogenated alkanes) is 1. The second kappa shape index (κ2) is 5.63. The van der Waals surface area contributed by atoms with E-state index in [1.807, 2.05) is 24.3 Å². The van der Waals surface area contributed by atoms with Gasteiger partial charge in [-0.2, -0.15) is 0 Å². The van der Waals surface area contributed by atoms with E-state index in [-0.39, 0.29) is 5.91 Å². The van der Waals surface area contributed by atoms with E-state index in [1.54, 1.807) is 0 Å². The SMILES string of the molecule is CCCCC(=O)NNc1nc2ccccc2s1. The van der Waals surface area contributed by atoms with Crippen molar-refractivity contribution in [3.63, 3.8) is 0 Å². The van der Waals surface area contributed by atoms with Crippen molar-refractivity contribution in [2.75, 3.05) is 5.43 Å². The van der Waals surface area contributed by atoms with E-state index in [9.17, 15) is 4.79 Å². The monoisotopic (exact) mass is 249 g/mol. The van der Waals surface area contributed by atoms with E-state index in [0.717, 1.165) is 28.2 Å². The molecule has 0 spiro atoms. The summed E-state index contributed by atoms with van der Waals surface area (Å²) in [6.45, 7) is 2.06. The fourth-order valence-corrected chi connectivity index (χ4v) is 2.27. The number of carbonyl (C=O) groups is 1. The molecular formula is C12H15N3OS. The highest BCUT2D eigenvalue weighted by Crippen LogP contribution is 2.24. The van der Waals surface area contributed by atoms with Crippen LogP contribution in [0.15, 0.2) is 24.3 Å². The van der Waals surface area contributed by atoms with Crippen molar-refractivity contribution in [3.05, 3.63) is 24.3 Å². The Morgan fingerprint density at radius 2 is 2.24 bits per heavy atom. The van der Waals surface area contributed by atoms with Crippen LogP contribution in [0.2, 0.25) is 0 Å². The van der Waals surface area contributed by atoms with E-state index in [0.29, 0.717) is 6.42 Å². The first-order valence-electron chi connectivity index (χ1n) is 5.70. The van der Waals surface area contributed by atoms with Crippen LogP contribution in [-0.4, -0.2) is 10.9 Å². The number of amides is 1. The molecule has 2 rings (SSSR count). The van der Waals surface area contributed by atoms with Crippen LogP contribution in [0.25, 0.3) is 10.2 Å². The number of rotatable bonds is 5. The number of nitrogens with one attached hydrogen (secondary N) is 2. The Morgan fingerprint density at radius 1 is 1.41 bits per heavy atom. The Balaban J connectivity index is 1.92. The third kappa shape index (κ3) is 3.17. The van der Waals surface area contributed by atoms with E-state index >= 15 is 0 Å². The average molecular weight is 249 g/mol. The van der Waals surface area contributed by atoms with Crippen molar-refractivity contribution < 1.29 is 4.79 Å². The molecule has 1 aromatic heterocycles. The third-order valence-corrected chi connectivity index (χ3v) is 3.31. The summed E-state index contributed by atoms with van der Waals surface area (Å²) >= 11 is 1.53. The number of hydrogen-bond acceptors (Lipinski definition) is 4. The van der Waals surface area contributed by atoms with Crippen molar-refractivity contribution >= 4 is 32.6 Å². The van der Waals surface area contributed by atoms with Gasteiger partial charge in [0.1, 0.15) is 0 Å². The quantitative estimate of drug-likeness (QED) is 0.801. The lowest BCUT2D eigenvalue weighted by Crippen LogP contribution is -2.28. The second-order valence-corrected chi connectivity index (χ2v) is 4.79. The zero-order valence-corrected chi connectivity index (χ0v) is 10.5. The predicted molar refractivity (Wildman–Crippen MR) is 70.9 cm³/mol. The van der Waals surface area contributed by atoms with Gasteiger partial charge in [-0.25, -0.2) is 4.98 Å². The fraction of sp³-hybridized carbons (Fsp3) is 0.333. The molecule has 0 aliphatic carbocycles. The van der Waals surface area contributed by atoms with Crippen molar-refractivity contribution in [1.82, 2.24) is 10.4 Å². The molecule has 5 heteroatoms. The van der Waals surface area contributed by atoms with Gasteiger partial charge in [-0.15, -0.1) is 0 Å². The minimum atomic E-state index is 0.00565. The molecule has 2 N–H and O–H groups in total. The Bertz CT molecular complexity index is 476. The standard InChI is InChI=1S/C12H15N3OS/c1-2-3-8-11(16)14-15-12-13-9-6-4-5-7-10(9)17-12/h4-7H,2-3,8H2,1H3,(H,13,15)(H,14,16). The van der Waals surface area contributed by atoms with Crippen molar-refractivity contribution in [2.45, 2.75) is 26.2 Å². The van der Waals surface area contributed by atoms with Crippen LogP contribution in [0, 0.1) is 0 Å². The van der Waals surface area contributed by atoms with Gasteiger partial charge >= 0.3 is 0 Å². The minimum absolute atomic E-state index is 0.00565. The van der Waals surface area contributed by atoms with E-state index in [4.69, 9.17) is 0 Å². The summed E-state index contributed by atoms with van der Waals surface area (Å²) in [5.74, 6) is 0.00565. The van der Waals surface area contributed by atoms with Gasteiger partial charge in [-0.3, -0.25) is 15.6 Å². The zero-order valence-electron chi connectivity index (χ0n) is 9.69. The van der Waals surface area contributed by atoms with E-state index in [2.05, 4.69) is 22.8 Å². The van der Waals surface area contributed by atoms with Crippen LogP contribution in [0.1, 0.15) is 26.2 Å². The first-order chi connectivity index (χ1) is 8.29. The molecule has 0 aliphatic heterocycles. The molecule has 0 bridgehead atoms. The summed E-state index contributed by atoms with van der Waals surface area (Å²) in [6.07, 6.45) is 2.48. The molecule has 2 aromatic rings. The highest BCUT2D eigenvalue weighted by molar-refractivity contribution is 7.22. The van der Waals surface area contributed by atoms with Crippen molar-refractivity contribution in [3.8, 4) is 0 Å². The molecule has 0 saturated heterocycles. The number of hydrazine groups is 1. The van der Waals surface area contributed by atoms with Gasteiger partial charge in [0.2, 0.25) is 11.0 Å². The van der Waals surface area contributed by atoms with Crippen molar-refractivity contribution in [1.29, 1.82) is 0 Å². The number of fused-ring (bicyclic) bond motifs is 1. The van der Waals surface area contributed by atoms with E-state index < -0.39 is 0 Å².